The van der Waals surface area contributed by atoms with Gasteiger partial charge in [-0.3, -0.25) is 9.59 Å². The van der Waals surface area contributed by atoms with E-state index in [2.05, 4.69) is 10.6 Å². The highest BCUT2D eigenvalue weighted by Crippen LogP contribution is 2.34. The van der Waals surface area contributed by atoms with Crippen LogP contribution >= 0.6 is 11.3 Å². The van der Waals surface area contributed by atoms with Gasteiger partial charge in [0.25, 0.3) is 11.8 Å². The molecule has 0 spiro atoms. The molecular weight excluding hydrogens is 427 g/mol. The van der Waals surface area contributed by atoms with Crippen LogP contribution in [0, 0.1) is 5.82 Å². The lowest BCUT2D eigenvalue weighted by Gasteiger charge is -2.19. The lowest BCUT2D eigenvalue weighted by atomic mass is 10.1. The average molecular weight is 449 g/mol. The molecule has 1 aromatic heterocycles. The van der Waals surface area contributed by atoms with Gasteiger partial charge in [-0.05, 0) is 29.8 Å². The molecule has 0 saturated heterocycles. The van der Waals surface area contributed by atoms with Crippen LogP contribution in [0.4, 0.5) is 10.1 Å². The summed E-state index contributed by atoms with van der Waals surface area (Å²) < 4.78 is 20.4. The summed E-state index contributed by atoms with van der Waals surface area (Å²) in [7, 11) is 1.49. The third-order valence-corrected chi connectivity index (χ3v) is 6.17. The van der Waals surface area contributed by atoms with Crippen molar-refractivity contribution in [1.82, 2.24) is 5.32 Å². The Morgan fingerprint density at radius 2 is 1.66 bits per heavy atom. The van der Waals surface area contributed by atoms with Gasteiger partial charge in [0.2, 0.25) is 0 Å². The van der Waals surface area contributed by atoms with Crippen molar-refractivity contribution >= 4 is 38.9 Å². The number of carbonyl (C=O) groups excluding carboxylic acids is 2. The van der Waals surface area contributed by atoms with E-state index < -0.39 is 17.8 Å². The minimum Gasteiger partial charge on any atom is -0.380 e. The number of halogens is 1. The smallest absolute Gasteiger partial charge is 0.262 e. The second-order valence-electron chi connectivity index (χ2n) is 7.13. The molecule has 0 aliphatic heterocycles. The molecule has 7 heteroatoms. The van der Waals surface area contributed by atoms with Gasteiger partial charge < -0.3 is 15.4 Å². The normalized spacial score (nSPS) is 11.8. The Kier molecular flexibility index (Phi) is 6.58. The van der Waals surface area contributed by atoms with Crippen LogP contribution in [0.15, 0.2) is 78.9 Å². The Morgan fingerprint density at radius 3 is 2.34 bits per heavy atom. The number of rotatable bonds is 7. The predicted octanol–water partition coefficient (Wildman–Crippen LogP) is 5.30. The maximum Gasteiger partial charge on any atom is 0.262 e. The van der Waals surface area contributed by atoms with E-state index in [-0.39, 0.29) is 12.5 Å². The van der Waals surface area contributed by atoms with Crippen LogP contribution in [-0.2, 0) is 16.1 Å². The van der Waals surface area contributed by atoms with Crippen molar-refractivity contribution in [3.8, 4) is 0 Å². The number of fused-ring (bicyclic) bond motifs is 1. The monoisotopic (exact) mass is 448 g/mol. The topological polar surface area (TPSA) is 67.4 Å². The maximum absolute atomic E-state index is 14.5. The first-order valence-corrected chi connectivity index (χ1v) is 10.8. The summed E-state index contributed by atoms with van der Waals surface area (Å²) >= 11 is 1.18. The molecule has 1 atom stereocenters. The number of para-hydroxylation sites is 1. The number of thiophene rings is 1. The van der Waals surface area contributed by atoms with Gasteiger partial charge >= 0.3 is 0 Å². The van der Waals surface area contributed by atoms with Gasteiger partial charge in [-0.1, -0.05) is 54.6 Å². The van der Waals surface area contributed by atoms with Gasteiger partial charge in [0, 0.05) is 28.4 Å². The van der Waals surface area contributed by atoms with Crippen molar-refractivity contribution in [1.29, 1.82) is 0 Å². The second kappa shape index (κ2) is 9.72. The number of hydrogen-bond donors (Lipinski definition) is 2. The molecule has 0 aliphatic carbocycles. The maximum atomic E-state index is 14.5. The molecule has 0 saturated carbocycles. The van der Waals surface area contributed by atoms with E-state index in [1.807, 2.05) is 24.3 Å². The van der Waals surface area contributed by atoms with Crippen LogP contribution in [-0.4, -0.2) is 18.9 Å². The molecular formula is C25H21FN2O3S. The minimum absolute atomic E-state index is 0.0793. The first-order chi connectivity index (χ1) is 15.6. The highest BCUT2D eigenvalue weighted by molar-refractivity contribution is 7.21. The van der Waals surface area contributed by atoms with E-state index in [1.54, 1.807) is 48.5 Å². The zero-order valence-corrected chi connectivity index (χ0v) is 18.1. The summed E-state index contributed by atoms with van der Waals surface area (Å²) in [6.45, 7) is 0.0793. The van der Waals surface area contributed by atoms with Gasteiger partial charge in [-0.15, -0.1) is 11.3 Å². The van der Waals surface area contributed by atoms with E-state index in [9.17, 15) is 14.0 Å². The molecule has 1 heterocycles. The summed E-state index contributed by atoms with van der Waals surface area (Å²) in [5, 5.41) is 6.04. The number of anilines is 1. The van der Waals surface area contributed by atoms with E-state index >= 15 is 0 Å². The fourth-order valence-electron chi connectivity index (χ4n) is 3.51. The Labute approximate surface area is 188 Å². The van der Waals surface area contributed by atoms with Crippen LogP contribution in [0.3, 0.4) is 0 Å². The van der Waals surface area contributed by atoms with Gasteiger partial charge in [-0.2, -0.15) is 0 Å². The number of methoxy groups -OCH3 is 1. The number of benzene rings is 3. The van der Waals surface area contributed by atoms with Crippen LogP contribution in [0.5, 0.6) is 0 Å². The molecule has 2 amide bonds. The molecule has 2 N–H and O–H groups in total. The zero-order chi connectivity index (χ0) is 22.5. The van der Waals surface area contributed by atoms with E-state index in [0.29, 0.717) is 31.8 Å². The molecule has 0 bridgehead atoms. The lowest BCUT2D eigenvalue weighted by molar-refractivity contribution is -0.118. The predicted molar refractivity (Wildman–Crippen MR) is 124 cm³/mol. The zero-order valence-electron chi connectivity index (χ0n) is 17.3. The molecule has 0 fully saturated rings. The van der Waals surface area contributed by atoms with E-state index in [0.717, 1.165) is 0 Å². The molecule has 3 aromatic carbocycles. The molecule has 4 rings (SSSR count). The number of nitrogens with one attached hydrogen (secondary N) is 2. The largest absolute Gasteiger partial charge is 0.380 e. The number of ether oxygens (including phenoxy) is 1. The third-order valence-electron chi connectivity index (χ3n) is 4.97. The Bertz CT molecular complexity index is 1240. The molecule has 1 unspecified atom stereocenters. The molecule has 0 aliphatic rings. The minimum atomic E-state index is -0.936. The quantitative estimate of drug-likeness (QED) is 0.403. The first-order valence-electron chi connectivity index (χ1n) is 9.99. The van der Waals surface area contributed by atoms with Crippen molar-refractivity contribution in [2.75, 3.05) is 12.4 Å². The number of carbonyl (C=O) groups is 2. The lowest BCUT2D eigenvalue weighted by Crippen LogP contribution is -2.37. The van der Waals surface area contributed by atoms with Gasteiger partial charge in [0.15, 0.2) is 0 Å². The summed E-state index contributed by atoms with van der Waals surface area (Å²) in [6.07, 6.45) is 0. The van der Waals surface area contributed by atoms with Crippen molar-refractivity contribution in [3.05, 3.63) is 101 Å². The van der Waals surface area contributed by atoms with Crippen molar-refractivity contribution in [2.24, 2.45) is 0 Å². The summed E-state index contributed by atoms with van der Waals surface area (Å²) in [6, 6.07) is 21.8. The molecule has 4 aromatic rings. The Morgan fingerprint density at radius 1 is 0.969 bits per heavy atom. The van der Waals surface area contributed by atoms with Crippen LogP contribution in [0.2, 0.25) is 0 Å². The number of amides is 2. The molecule has 32 heavy (non-hydrogen) atoms. The van der Waals surface area contributed by atoms with Crippen LogP contribution in [0.1, 0.15) is 26.8 Å². The Hall–Kier alpha value is -3.55. The molecule has 0 radical (unpaired) electrons. The van der Waals surface area contributed by atoms with Gasteiger partial charge in [-0.25, -0.2) is 4.39 Å². The first kappa shape index (κ1) is 21.7. The van der Waals surface area contributed by atoms with E-state index in [4.69, 9.17) is 4.74 Å². The summed E-state index contributed by atoms with van der Waals surface area (Å²) in [5.41, 5.74) is 1.73. The van der Waals surface area contributed by atoms with Crippen LogP contribution < -0.4 is 10.6 Å². The van der Waals surface area contributed by atoms with E-state index in [1.165, 1.54) is 24.5 Å². The fourth-order valence-corrected chi connectivity index (χ4v) is 4.64. The average Bonchev–Trinajstić information content (AvgIpc) is 3.18. The SMILES string of the molecule is COCc1c(C(=O)NC(C(=O)Nc2ccccc2)c2ccccc2)sc2cccc(F)c12. The fraction of sp³-hybridized carbons (Fsp3) is 0.120. The van der Waals surface area contributed by atoms with Crippen molar-refractivity contribution < 1.29 is 18.7 Å². The van der Waals surface area contributed by atoms with Gasteiger partial charge in [0.1, 0.15) is 11.9 Å². The van der Waals surface area contributed by atoms with Crippen molar-refractivity contribution in [3.63, 3.8) is 0 Å². The molecule has 5 nitrogen and oxygen atoms in total. The Balaban J connectivity index is 1.68. The third kappa shape index (κ3) is 4.54. The number of hydrogen-bond acceptors (Lipinski definition) is 4. The summed E-state index contributed by atoms with van der Waals surface area (Å²) in [4.78, 5) is 26.7. The highest BCUT2D eigenvalue weighted by Gasteiger charge is 2.27. The molecule has 162 valence electrons. The highest BCUT2D eigenvalue weighted by atomic mass is 32.1. The summed E-state index contributed by atoms with van der Waals surface area (Å²) in [5.74, 6) is -1.25. The standard InChI is InChI=1S/C25H21FN2O3S/c1-31-15-18-21-19(26)13-8-14-20(21)32-23(18)25(30)28-22(16-9-4-2-5-10-16)24(29)27-17-11-6-3-7-12-17/h2-14,22H,15H2,1H3,(H,27,29)(H,28,30). The second-order valence-corrected chi connectivity index (χ2v) is 8.18. The van der Waals surface area contributed by atoms with Gasteiger partial charge in [0.05, 0.1) is 11.5 Å². The van der Waals surface area contributed by atoms with Crippen molar-refractivity contribution in [2.45, 2.75) is 12.6 Å². The van der Waals surface area contributed by atoms with Crippen LogP contribution in [0.25, 0.3) is 10.1 Å².